The Morgan fingerprint density at radius 3 is 2.72 bits per heavy atom. The quantitative estimate of drug-likeness (QED) is 0.907. The minimum Gasteiger partial charge on any atom is -0.478 e. The second-order valence-electron chi connectivity index (χ2n) is 4.25. The largest absolute Gasteiger partial charge is 0.478 e. The fraction of sp³-hybridized carbons (Fsp3) is 0.417. The van der Waals surface area contributed by atoms with E-state index in [1.54, 1.807) is 11.0 Å². The predicted octanol–water partition coefficient (Wildman–Crippen LogP) is 2.70. The first-order chi connectivity index (χ1) is 8.37. The van der Waals surface area contributed by atoms with Crippen molar-refractivity contribution < 1.29 is 23.1 Å². The Labute approximate surface area is 102 Å². The Kier molecular flexibility index (Phi) is 3.19. The number of anilines is 1. The normalized spacial score (nSPS) is 14.7. The van der Waals surface area contributed by atoms with E-state index in [0.29, 0.717) is 18.7 Å². The van der Waals surface area contributed by atoms with Crippen LogP contribution in [0.5, 0.6) is 0 Å². The maximum atomic E-state index is 12.2. The number of carboxylic acid groups (broad SMARTS) is 1. The van der Waals surface area contributed by atoms with E-state index in [9.17, 15) is 18.0 Å². The van der Waals surface area contributed by atoms with Crippen molar-refractivity contribution in [3.05, 3.63) is 29.3 Å². The third-order valence-electron chi connectivity index (χ3n) is 2.98. The van der Waals surface area contributed by atoms with Gasteiger partial charge in [-0.3, -0.25) is 0 Å². The number of hydrogen-bond donors (Lipinski definition) is 1. The van der Waals surface area contributed by atoms with Crippen LogP contribution in [0.15, 0.2) is 18.2 Å². The van der Waals surface area contributed by atoms with Crippen LogP contribution in [0.4, 0.5) is 18.9 Å². The van der Waals surface area contributed by atoms with Gasteiger partial charge in [0.1, 0.15) is 0 Å². The molecule has 1 aliphatic heterocycles. The van der Waals surface area contributed by atoms with Crippen molar-refractivity contribution in [3.63, 3.8) is 0 Å². The first-order valence-corrected chi connectivity index (χ1v) is 5.55. The number of carboxylic acids is 1. The topological polar surface area (TPSA) is 40.5 Å². The number of nitrogens with zero attached hydrogens (tertiary/aromatic N) is 1. The van der Waals surface area contributed by atoms with E-state index >= 15 is 0 Å². The van der Waals surface area contributed by atoms with E-state index in [1.807, 2.05) is 0 Å². The first-order valence-electron chi connectivity index (χ1n) is 5.55. The van der Waals surface area contributed by atoms with Gasteiger partial charge in [0, 0.05) is 18.8 Å². The Hall–Kier alpha value is -1.72. The van der Waals surface area contributed by atoms with Crippen LogP contribution in [0.25, 0.3) is 0 Å². The van der Waals surface area contributed by atoms with Crippen LogP contribution in [0.2, 0.25) is 0 Å². The Morgan fingerprint density at radius 2 is 2.11 bits per heavy atom. The molecule has 1 heterocycles. The number of halogens is 3. The van der Waals surface area contributed by atoms with Crippen molar-refractivity contribution >= 4 is 11.7 Å². The monoisotopic (exact) mass is 259 g/mol. The van der Waals surface area contributed by atoms with E-state index in [2.05, 4.69) is 0 Å². The summed E-state index contributed by atoms with van der Waals surface area (Å²) in [6.07, 6.45) is -4.43. The summed E-state index contributed by atoms with van der Waals surface area (Å²) in [5.41, 5.74) is 1.69. The van der Waals surface area contributed by atoms with Gasteiger partial charge in [0.25, 0.3) is 0 Å². The highest BCUT2D eigenvalue weighted by Gasteiger charge is 2.29. The highest BCUT2D eigenvalue weighted by Crippen LogP contribution is 2.30. The van der Waals surface area contributed by atoms with Gasteiger partial charge in [-0.2, -0.15) is 13.2 Å². The van der Waals surface area contributed by atoms with Gasteiger partial charge in [-0.05, 0) is 30.2 Å². The molecule has 1 aromatic rings. The van der Waals surface area contributed by atoms with E-state index in [0.717, 1.165) is 5.56 Å². The van der Waals surface area contributed by atoms with E-state index < -0.39 is 18.6 Å². The van der Waals surface area contributed by atoms with Gasteiger partial charge in [0.2, 0.25) is 0 Å². The van der Waals surface area contributed by atoms with Gasteiger partial charge in [-0.1, -0.05) is 0 Å². The number of carbonyl (C=O) groups is 1. The lowest BCUT2D eigenvalue weighted by Gasteiger charge is -2.20. The molecule has 98 valence electrons. The molecule has 0 fully saturated rings. The zero-order valence-electron chi connectivity index (χ0n) is 9.50. The summed E-state index contributed by atoms with van der Waals surface area (Å²) in [7, 11) is 0. The van der Waals surface area contributed by atoms with Crippen LogP contribution in [0.3, 0.4) is 0 Å². The van der Waals surface area contributed by atoms with Gasteiger partial charge in [0.15, 0.2) is 0 Å². The maximum Gasteiger partial charge on any atom is 0.390 e. The number of rotatable bonds is 3. The predicted molar refractivity (Wildman–Crippen MR) is 60.0 cm³/mol. The lowest BCUT2D eigenvalue weighted by molar-refractivity contribution is -0.132. The lowest BCUT2D eigenvalue weighted by Crippen LogP contribution is -2.26. The summed E-state index contributed by atoms with van der Waals surface area (Å²) in [5.74, 6) is -1.02. The average Bonchev–Trinajstić information content (AvgIpc) is 2.67. The minimum atomic E-state index is -4.16. The SMILES string of the molecule is O=C(O)c1ccc2c(c1)CCN2CCC(F)(F)F. The second-order valence-corrected chi connectivity index (χ2v) is 4.25. The zero-order valence-corrected chi connectivity index (χ0v) is 9.50. The van der Waals surface area contributed by atoms with Crippen molar-refractivity contribution in [2.24, 2.45) is 0 Å². The summed E-state index contributed by atoms with van der Waals surface area (Å²) in [6.45, 7) is 0.428. The molecule has 18 heavy (non-hydrogen) atoms. The maximum absolute atomic E-state index is 12.2. The number of benzene rings is 1. The summed E-state index contributed by atoms with van der Waals surface area (Å²) in [5, 5.41) is 8.83. The molecule has 0 radical (unpaired) electrons. The molecule has 1 N–H and O–H groups in total. The van der Waals surface area contributed by atoms with E-state index in [1.165, 1.54) is 12.1 Å². The molecule has 0 unspecified atom stereocenters. The Morgan fingerprint density at radius 1 is 1.39 bits per heavy atom. The van der Waals surface area contributed by atoms with Crippen molar-refractivity contribution in [2.75, 3.05) is 18.0 Å². The van der Waals surface area contributed by atoms with Gasteiger partial charge in [-0.25, -0.2) is 4.79 Å². The van der Waals surface area contributed by atoms with Crippen molar-refractivity contribution in [1.29, 1.82) is 0 Å². The molecule has 0 spiro atoms. The first kappa shape index (κ1) is 12.7. The molecule has 3 nitrogen and oxygen atoms in total. The van der Waals surface area contributed by atoms with Crippen LogP contribution in [0.1, 0.15) is 22.3 Å². The molecular weight excluding hydrogens is 247 g/mol. The molecule has 6 heteroatoms. The highest BCUT2D eigenvalue weighted by molar-refractivity contribution is 5.88. The summed E-state index contributed by atoms with van der Waals surface area (Å²) >= 11 is 0. The standard InChI is InChI=1S/C12H12F3NO2/c13-12(14,15)4-6-16-5-3-8-7-9(11(17)18)1-2-10(8)16/h1-2,7H,3-6H2,(H,17,18). The molecule has 1 aliphatic rings. The van der Waals surface area contributed by atoms with E-state index in [-0.39, 0.29) is 12.1 Å². The minimum absolute atomic E-state index is 0.0804. The van der Waals surface area contributed by atoms with Crippen LogP contribution in [-0.2, 0) is 6.42 Å². The molecule has 0 atom stereocenters. The zero-order chi connectivity index (χ0) is 13.3. The molecule has 0 aromatic heterocycles. The van der Waals surface area contributed by atoms with Gasteiger partial charge >= 0.3 is 12.1 Å². The number of alkyl halides is 3. The van der Waals surface area contributed by atoms with Crippen molar-refractivity contribution in [1.82, 2.24) is 0 Å². The van der Waals surface area contributed by atoms with Crippen molar-refractivity contribution in [2.45, 2.75) is 19.0 Å². The molecular formula is C12H12F3NO2. The molecule has 0 bridgehead atoms. The number of fused-ring (bicyclic) bond motifs is 1. The van der Waals surface area contributed by atoms with Gasteiger partial charge < -0.3 is 10.0 Å². The van der Waals surface area contributed by atoms with Crippen LogP contribution in [-0.4, -0.2) is 30.3 Å². The molecule has 0 saturated heterocycles. The smallest absolute Gasteiger partial charge is 0.390 e. The summed E-state index contributed by atoms with van der Waals surface area (Å²) in [4.78, 5) is 12.4. The molecule has 0 amide bonds. The van der Waals surface area contributed by atoms with Gasteiger partial charge in [-0.15, -0.1) is 0 Å². The van der Waals surface area contributed by atoms with Crippen LogP contribution >= 0.6 is 0 Å². The number of aromatic carboxylic acids is 1. The molecule has 0 aliphatic carbocycles. The fourth-order valence-electron chi connectivity index (χ4n) is 2.10. The van der Waals surface area contributed by atoms with Crippen molar-refractivity contribution in [3.8, 4) is 0 Å². The third-order valence-corrected chi connectivity index (χ3v) is 2.98. The molecule has 1 aromatic carbocycles. The Balaban J connectivity index is 2.12. The Bertz CT molecular complexity index is 471. The molecule has 2 rings (SSSR count). The fourth-order valence-corrected chi connectivity index (χ4v) is 2.10. The average molecular weight is 259 g/mol. The van der Waals surface area contributed by atoms with Crippen LogP contribution < -0.4 is 4.90 Å². The lowest BCUT2D eigenvalue weighted by atomic mass is 10.1. The second kappa shape index (κ2) is 4.51. The highest BCUT2D eigenvalue weighted by atomic mass is 19.4. The van der Waals surface area contributed by atoms with Crippen LogP contribution in [0, 0.1) is 0 Å². The summed E-state index contributed by atoms with van der Waals surface area (Å²) in [6, 6.07) is 4.54. The third kappa shape index (κ3) is 2.75. The molecule has 0 saturated carbocycles. The van der Waals surface area contributed by atoms with Gasteiger partial charge in [0.05, 0.1) is 12.0 Å². The van der Waals surface area contributed by atoms with E-state index in [4.69, 9.17) is 5.11 Å². The summed E-state index contributed by atoms with van der Waals surface area (Å²) < 4.78 is 36.5. The number of hydrogen-bond acceptors (Lipinski definition) is 2.